The summed E-state index contributed by atoms with van der Waals surface area (Å²) in [6.07, 6.45) is 5.21. The monoisotopic (exact) mass is 506 g/mol. The van der Waals surface area contributed by atoms with Crippen LogP contribution in [0.5, 0.6) is 0 Å². The molecule has 1 N–H and O–H groups in total. The van der Waals surface area contributed by atoms with E-state index in [1.54, 1.807) is 17.0 Å². The number of hydrogen-bond acceptors (Lipinski definition) is 2. The van der Waals surface area contributed by atoms with Crippen LogP contribution in [0.15, 0.2) is 78.9 Å². The van der Waals surface area contributed by atoms with Crippen molar-refractivity contribution in [2.75, 3.05) is 0 Å². The summed E-state index contributed by atoms with van der Waals surface area (Å²) in [5.74, 6) is -0.615. The van der Waals surface area contributed by atoms with Gasteiger partial charge in [0.25, 0.3) is 0 Å². The molecule has 0 unspecified atom stereocenters. The molecule has 4 rings (SSSR count). The van der Waals surface area contributed by atoms with Crippen LogP contribution in [0.4, 0.5) is 4.39 Å². The number of nitrogens with zero attached hydrogens (tertiary/aromatic N) is 1. The number of carbonyl (C=O) groups is 2. The van der Waals surface area contributed by atoms with Crippen LogP contribution in [0.1, 0.15) is 48.8 Å². The number of aryl methyl sites for hydroxylation is 1. The molecule has 0 radical (unpaired) electrons. The van der Waals surface area contributed by atoms with E-state index in [-0.39, 0.29) is 36.6 Å². The first-order valence-corrected chi connectivity index (χ1v) is 13.0. The highest BCUT2D eigenvalue weighted by Gasteiger charge is 2.32. The minimum absolute atomic E-state index is 0.137. The van der Waals surface area contributed by atoms with Crippen LogP contribution in [0.25, 0.3) is 0 Å². The summed E-state index contributed by atoms with van der Waals surface area (Å²) >= 11 is 6.32. The van der Waals surface area contributed by atoms with Gasteiger partial charge in [-0.2, -0.15) is 0 Å². The van der Waals surface area contributed by atoms with Gasteiger partial charge in [0.15, 0.2) is 0 Å². The first-order valence-electron chi connectivity index (χ1n) is 12.6. The minimum atomic E-state index is -0.684. The fourth-order valence-corrected chi connectivity index (χ4v) is 5.02. The van der Waals surface area contributed by atoms with Crippen molar-refractivity contribution in [1.29, 1.82) is 0 Å². The smallest absolute Gasteiger partial charge is 0.243 e. The van der Waals surface area contributed by atoms with Crippen LogP contribution in [0.3, 0.4) is 0 Å². The number of benzene rings is 3. The van der Waals surface area contributed by atoms with Crippen molar-refractivity contribution in [3.05, 3.63) is 106 Å². The highest BCUT2D eigenvalue weighted by atomic mass is 35.5. The Kier molecular flexibility index (Phi) is 9.12. The second-order valence-electron chi connectivity index (χ2n) is 9.44. The van der Waals surface area contributed by atoms with Gasteiger partial charge in [-0.25, -0.2) is 4.39 Å². The lowest BCUT2D eigenvalue weighted by Crippen LogP contribution is -2.52. The molecule has 3 aromatic carbocycles. The summed E-state index contributed by atoms with van der Waals surface area (Å²) in [6.45, 7) is 0.219. The van der Waals surface area contributed by atoms with E-state index in [4.69, 9.17) is 11.6 Å². The molecule has 36 heavy (non-hydrogen) atoms. The van der Waals surface area contributed by atoms with Crippen LogP contribution in [-0.2, 0) is 29.0 Å². The van der Waals surface area contributed by atoms with Crippen LogP contribution in [0, 0.1) is 5.82 Å². The maximum absolute atomic E-state index is 13.7. The van der Waals surface area contributed by atoms with E-state index in [2.05, 4.69) is 5.32 Å². The minimum Gasteiger partial charge on any atom is -0.352 e. The van der Waals surface area contributed by atoms with E-state index in [0.717, 1.165) is 42.4 Å². The van der Waals surface area contributed by atoms with E-state index >= 15 is 0 Å². The Bertz CT molecular complexity index is 1150. The average molecular weight is 507 g/mol. The maximum atomic E-state index is 13.7. The summed E-state index contributed by atoms with van der Waals surface area (Å²) in [5.41, 5.74) is 2.64. The Labute approximate surface area is 217 Å². The molecule has 6 heteroatoms. The van der Waals surface area contributed by atoms with Crippen molar-refractivity contribution in [2.45, 2.75) is 63.6 Å². The zero-order valence-electron chi connectivity index (χ0n) is 20.3. The second kappa shape index (κ2) is 12.7. The van der Waals surface area contributed by atoms with E-state index in [1.165, 1.54) is 12.1 Å². The van der Waals surface area contributed by atoms with Crippen LogP contribution < -0.4 is 5.32 Å². The van der Waals surface area contributed by atoms with Crippen molar-refractivity contribution in [1.82, 2.24) is 10.2 Å². The molecule has 1 fully saturated rings. The SMILES string of the molecule is O=C(NC1CCCC1)[C@H](Cc1ccccc1)N(Cc1ccc(F)cc1)C(=O)CCc1ccccc1Cl. The summed E-state index contributed by atoms with van der Waals surface area (Å²) < 4.78 is 13.6. The number of carbonyl (C=O) groups excluding carboxylic acids is 2. The van der Waals surface area contributed by atoms with Crippen molar-refractivity contribution < 1.29 is 14.0 Å². The summed E-state index contributed by atoms with van der Waals surface area (Å²) in [4.78, 5) is 29.0. The predicted octanol–water partition coefficient (Wildman–Crippen LogP) is 6.11. The average Bonchev–Trinajstić information content (AvgIpc) is 3.40. The molecule has 0 spiro atoms. The molecule has 2 amide bonds. The number of nitrogens with one attached hydrogen (secondary N) is 1. The fraction of sp³-hybridized carbons (Fsp3) is 0.333. The zero-order chi connectivity index (χ0) is 25.3. The Hall–Kier alpha value is -3.18. The number of rotatable bonds is 10. The van der Waals surface area contributed by atoms with Gasteiger partial charge < -0.3 is 10.2 Å². The topological polar surface area (TPSA) is 49.4 Å². The van der Waals surface area contributed by atoms with Crippen molar-refractivity contribution in [3.8, 4) is 0 Å². The van der Waals surface area contributed by atoms with E-state index in [9.17, 15) is 14.0 Å². The molecule has 0 bridgehead atoms. The third kappa shape index (κ3) is 7.17. The lowest BCUT2D eigenvalue weighted by Gasteiger charge is -2.32. The van der Waals surface area contributed by atoms with E-state index < -0.39 is 6.04 Å². The van der Waals surface area contributed by atoms with Gasteiger partial charge in [-0.15, -0.1) is 0 Å². The molecular formula is C30H32ClFN2O2. The summed E-state index contributed by atoms with van der Waals surface area (Å²) in [6, 6.07) is 22.8. The molecule has 1 saturated carbocycles. The molecular weight excluding hydrogens is 475 g/mol. The van der Waals surface area contributed by atoms with Crippen LogP contribution >= 0.6 is 11.6 Å². The molecule has 0 aliphatic heterocycles. The molecule has 3 aromatic rings. The standard InChI is InChI=1S/C30H32ClFN2O2/c31-27-13-7-4-10-24(27)16-19-29(35)34(21-23-14-17-25(32)18-15-23)28(20-22-8-2-1-3-9-22)30(36)33-26-11-5-6-12-26/h1-4,7-10,13-15,17-18,26,28H,5-6,11-12,16,19-21H2,(H,33,36)/t28-/m0/s1. The van der Waals surface area contributed by atoms with Gasteiger partial charge in [0, 0.05) is 30.5 Å². The normalized spacial score (nSPS) is 14.4. The summed E-state index contributed by atoms with van der Waals surface area (Å²) in [7, 11) is 0. The lowest BCUT2D eigenvalue weighted by atomic mass is 10.0. The second-order valence-corrected chi connectivity index (χ2v) is 9.84. The van der Waals surface area contributed by atoms with Gasteiger partial charge in [0.05, 0.1) is 0 Å². The number of amides is 2. The first kappa shape index (κ1) is 25.9. The molecule has 4 nitrogen and oxygen atoms in total. The lowest BCUT2D eigenvalue weighted by molar-refractivity contribution is -0.141. The Morgan fingerprint density at radius 3 is 2.28 bits per heavy atom. The van der Waals surface area contributed by atoms with Crippen molar-refractivity contribution >= 4 is 23.4 Å². The molecule has 188 valence electrons. The summed E-state index contributed by atoms with van der Waals surface area (Å²) in [5, 5.41) is 3.82. The zero-order valence-corrected chi connectivity index (χ0v) is 21.1. The quantitative estimate of drug-likeness (QED) is 0.360. The maximum Gasteiger partial charge on any atom is 0.243 e. The van der Waals surface area contributed by atoms with Crippen LogP contribution in [-0.4, -0.2) is 28.8 Å². The molecule has 1 atom stereocenters. The van der Waals surface area contributed by atoms with Gasteiger partial charge in [-0.05, 0) is 54.2 Å². The van der Waals surface area contributed by atoms with E-state index in [0.29, 0.717) is 17.9 Å². The predicted molar refractivity (Wildman–Crippen MR) is 141 cm³/mol. The Morgan fingerprint density at radius 2 is 1.58 bits per heavy atom. The van der Waals surface area contributed by atoms with Gasteiger partial charge in [-0.1, -0.05) is 85.1 Å². The third-order valence-electron chi connectivity index (χ3n) is 6.80. The van der Waals surface area contributed by atoms with Gasteiger partial charge >= 0.3 is 0 Å². The fourth-order valence-electron chi connectivity index (χ4n) is 4.79. The number of hydrogen-bond donors (Lipinski definition) is 1. The van der Waals surface area contributed by atoms with Crippen molar-refractivity contribution in [2.24, 2.45) is 0 Å². The van der Waals surface area contributed by atoms with Crippen molar-refractivity contribution in [3.63, 3.8) is 0 Å². The van der Waals surface area contributed by atoms with E-state index in [1.807, 2.05) is 54.6 Å². The first-order chi connectivity index (χ1) is 17.5. The number of halogens is 2. The highest BCUT2D eigenvalue weighted by Crippen LogP contribution is 2.22. The molecule has 1 aliphatic carbocycles. The van der Waals surface area contributed by atoms with Crippen LogP contribution in [0.2, 0.25) is 5.02 Å². The van der Waals surface area contributed by atoms with Gasteiger partial charge in [0.1, 0.15) is 11.9 Å². The molecule has 0 saturated heterocycles. The molecule has 0 aromatic heterocycles. The molecule has 0 heterocycles. The largest absolute Gasteiger partial charge is 0.352 e. The Morgan fingerprint density at radius 1 is 0.917 bits per heavy atom. The Balaban J connectivity index is 1.61. The molecule has 1 aliphatic rings. The highest BCUT2D eigenvalue weighted by molar-refractivity contribution is 6.31. The van der Waals surface area contributed by atoms with Gasteiger partial charge in [0.2, 0.25) is 11.8 Å². The van der Waals surface area contributed by atoms with Gasteiger partial charge in [-0.3, -0.25) is 9.59 Å². The third-order valence-corrected chi connectivity index (χ3v) is 7.17.